The molecule has 0 bridgehead atoms. The monoisotopic (exact) mass is 372 g/mol. The van der Waals surface area contributed by atoms with Gasteiger partial charge in [-0.25, -0.2) is 0 Å². The van der Waals surface area contributed by atoms with Gasteiger partial charge in [-0.15, -0.1) is 0 Å². The van der Waals surface area contributed by atoms with E-state index in [4.69, 9.17) is 16.0 Å². The van der Waals surface area contributed by atoms with Crippen LogP contribution in [0.5, 0.6) is 0 Å². The Labute approximate surface area is 158 Å². The Hall–Kier alpha value is -1.35. The molecule has 0 amide bonds. The molecule has 0 aliphatic carbocycles. The van der Waals surface area contributed by atoms with Gasteiger partial charge in [-0.3, -0.25) is 0 Å². The summed E-state index contributed by atoms with van der Waals surface area (Å²) >= 11 is 6.31. The quantitative estimate of drug-likeness (QED) is 0.584. The number of rotatable bonds is 7. The third kappa shape index (κ3) is 4.63. The first kappa shape index (κ1) is 20.0. The Bertz CT molecular complexity index is 635. The maximum absolute atomic E-state index is 6.76. The van der Waals surface area contributed by atoms with Crippen LogP contribution < -0.4 is 10.4 Å². The zero-order valence-electron chi connectivity index (χ0n) is 15.8. The summed E-state index contributed by atoms with van der Waals surface area (Å²) in [6, 6.07) is 21.4. The van der Waals surface area contributed by atoms with Crippen molar-refractivity contribution >= 4 is 30.3 Å². The predicted octanol–water partition coefficient (Wildman–Crippen LogP) is 5.49. The molecule has 0 spiro atoms. The van der Waals surface area contributed by atoms with Gasteiger partial charge >= 0.3 is 0 Å². The summed E-state index contributed by atoms with van der Waals surface area (Å²) in [5, 5.41) is 3.49. The summed E-state index contributed by atoms with van der Waals surface area (Å²) < 4.78 is 6.76. The molecule has 0 unspecified atom stereocenters. The lowest BCUT2D eigenvalue weighted by Gasteiger charge is -2.42. The second-order valence-corrected chi connectivity index (χ2v) is 12.2. The van der Waals surface area contributed by atoms with Crippen LogP contribution in [0.25, 0.3) is 0 Å². The predicted molar refractivity (Wildman–Crippen MR) is 112 cm³/mol. The van der Waals surface area contributed by atoms with Gasteiger partial charge in [-0.1, -0.05) is 106 Å². The zero-order valence-corrected chi connectivity index (χ0v) is 17.5. The molecular weight excluding hydrogens is 344 g/mol. The van der Waals surface area contributed by atoms with Gasteiger partial charge in [0, 0.05) is 5.03 Å². The fourth-order valence-corrected chi connectivity index (χ4v) is 8.10. The van der Waals surface area contributed by atoms with E-state index in [1.165, 1.54) is 10.4 Å². The minimum atomic E-state index is -2.44. The molecule has 0 aliphatic rings. The van der Waals surface area contributed by atoms with Crippen LogP contribution in [0.3, 0.4) is 0 Å². The number of halogens is 1. The highest BCUT2D eigenvalue weighted by Gasteiger charge is 2.49. The first-order valence-corrected chi connectivity index (χ1v) is 11.3. The minimum absolute atomic E-state index is 0.000773. The highest BCUT2D eigenvalue weighted by atomic mass is 35.5. The molecule has 2 aromatic carbocycles. The Balaban J connectivity index is 2.51. The molecule has 2 rings (SSSR count). The van der Waals surface area contributed by atoms with Gasteiger partial charge in [0.25, 0.3) is 8.32 Å². The largest absolute Gasteiger partial charge is 0.404 e. The number of hydrogen-bond donors (Lipinski definition) is 0. The lowest BCUT2D eigenvalue weighted by molar-refractivity contribution is 0.338. The van der Waals surface area contributed by atoms with Crippen molar-refractivity contribution in [3.8, 4) is 0 Å². The molecule has 1 nitrogen and oxygen atoms in total. The Morgan fingerprint density at radius 2 is 1.44 bits per heavy atom. The van der Waals surface area contributed by atoms with Crippen molar-refractivity contribution in [3.05, 3.63) is 71.8 Å². The van der Waals surface area contributed by atoms with Gasteiger partial charge in [-0.05, 0) is 27.9 Å². The van der Waals surface area contributed by atoms with Gasteiger partial charge in [0.15, 0.2) is 0 Å². The number of benzene rings is 2. The third-order valence-electron chi connectivity index (χ3n) is 4.51. The average Bonchev–Trinajstić information content (AvgIpc) is 2.59. The summed E-state index contributed by atoms with van der Waals surface area (Å²) in [6.45, 7) is 9.55. The fraction of sp³-hybridized carbons (Fsp3) is 0.364. The van der Waals surface area contributed by atoms with Crippen molar-refractivity contribution in [2.24, 2.45) is 0 Å². The van der Waals surface area contributed by atoms with E-state index in [2.05, 4.69) is 88.4 Å². The highest BCUT2D eigenvalue weighted by Crippen LogP contribution is 2.36. The van der Waals surface area contributed by atoms with Crippen molar-refractivity contribution in [3.63, 3.8) is 0 Å². The molecule has 0 saturated heterocycles. The van der Waals surface area contributed by atoms with E-state index in [0.717, 1.165) is 17.9 Å². The van der Waals surface area contributed by atoms with E-state index in [1.807, 2.05) is 6.08 Å². The molecule has 0 N–H and O–H groups in total. The van der Waals surface area contributed by atoms with Crippen LogP contribution in [0, 0.1) is 0 Å². The second kappa shape index (κ2) is 8.84. The molecule has 0 saturated carbocycles. The van der Waals surface area contributed by atoms with Crippen molar-refractivity contribution in [1.29, 1.82) is 0 Å². The lowest BCUT2D eigenvalue weighted by Crippen LogP contribution is -2.66. The molecule has 0 fully saturated rings. The van der Waals surface area contributed by atoms with E-state index >= 15 is 0 Å². The Morgan fingerprint density at radius 3 is 1.84 bits per heavy atom. The lowest BCUT2D eigenvalue weighted by atomic mass is 10.2. The minimum Gasteiger partial charge on any atom is -0.404 e. The Morgan fingerprint density at radius 1 is 0.960 bits per heavy atom. The SMILES string of the molecule is CCC/C(Cl)=C/CO[Si](c1ccccc1)(c1ccccc1)C(C)(C)C. The maximum atomic E-state index is 6.76. The number of allylic oxidation sites excluding steroid dienone is 1. The summed E-state index contributed by atoms with van der Waals surface area (Å²) in [7, 11) is -2.44. The molecule has 2 aromatic rings. The van der Waals surface area contributed by atoms with Crippen LogP contribution in [0.1, 0.15) is 40.5 Å². The van der Waals surface area contributed by atoms with Crippen molar-refractivity contribution in [2.75, 3.05) is 6.61 Å². The van der Waals surface area contributed by atoms with Crippen LogP contribution in [-0.4, -0.2) is 14.9 Å². The van der Waals surface area contributed by atoms with Crippen LogP contribution in [0.15, 0.2) is 71.8 Å². The normalized spacial score (nSPS) is 13.1. The molecule has 3 heteroatoms. The maximum Gasteiger partial charge on any atom is 0.261 e. The van der Waals surface area contributed by atoms with Crippen molar-refractivity contribution in [1.82, 2.24) is 0 Å². The van der Waals surface area contributed by atoms with Gasteiger partial charge in [0.1, 0.15) is 0 Å². The van der Waals surface area contributed by atoms with E-state index < -0.39 is 8.32 Å². The summed E-state index contributed by atoms with van der Waals surface area (Å²) in [5.74, 6) is 0. The van der Waals surface area contributed by atoms with Crippen LogP contribution in [-0.2, 0) is 4.43 Å². The molecule has 25 heavy (non-hydrogen) atoms. The summed E-state index contributed by atoms with van der Waals surface area (Å²) in [5.41, 5.74) is 0. The van der Waals surface area contributed by atoms with Gasteiger partial charge in [-0.2, -0.15) is 0 Å². The van der Waals surface area contributed by atoms with Crippen LogP contribution in [0.2, 0.25) is 5.04 Å². The molecule has 0 atom stereocenters. The van der Waals surface area contributed by atoms with Crippen molar-refractivity contribution in [2.45, 2.75) is 45.6 Å². The van der Waals surface area contributed by atoms with Gasteiger partial charge < -0.3 is 4.43 Å². The van der Waals surface area contributed by atoms with Gasteiger partial charge in [0.2, 0.25) is 0 Å². The highest BCUT2D eigenvalue weighted by molar-refractivity contribution is 6.99. The zero-order chi connectivity index (χ0) is 18.3. The Kier molecular flexibility index (Phi) is 7.06. The van der Waals surface area contributed by atoms with E-state index in [9.17, 15) is 0 Å². The first-order chi connectivity index (χ1) is 11.9. The smallest absolute Gasteiger partial charge is 0.261 e. The first-order valence-electron chi connectivity index (χ1n) is 9.01. The standard InChI is InChI=1S/C22H29ClOSi/c1-5-12-19(23)17-18-24-25(22(2,3)4,20-13-8-6-9-14-20)21-15-10-7-11-16-21/h6-11,13-17H,5,12,18H2,1-4H3/b19-17-. The molecule has 134 valence electrons. The average molecular weight is 373 g/mol. The van der Waals surface area contributed by atoms with Crippen LogP contribution in [0.4, 0.5) is 0 Å². The molecule has 0 radical (unpaired) electrons. The van der Waals surface area contributed by atoms with Crippen molar-refractivity contribution < 1.29 is 4.43 Å². The van der Waals surface area contributed by atoms with Crippen LogP contribution >= 0.6 is 11.6 Å². The summed E-state index contributed by atoms with van der Waals surface area (Å²) in [6.07, 6.45) is 3.99. The molecule has 0 aliphatic heterocycles. The number of hydrogen-bond acceptors (Lipinski definition) is 1. The topological polar surface area (TPSA) is 9.23 Å². The summed E-state index contributed by atoms with van der Waals surface area (Å²) in [4.78, 5) is 0. The molecular formula is C22H29ClOSi. The molecule has 0 heterocycles. The van der Waals surface area contributed by atoms with E-state index in [0.29, 0.717) is 6.61 Å². The second-order valence-electron chi connectivity index (χ2n) is 7.38. The van der Waals surface area contributed by atoms with E-state index in [-0.39, 0.29) is 5.04 Å². The van der Waals surface area contributed by atoms with Gasteiger partial charge in [0.05, 0.1) is 6.61 Å². The third-order valence-corrected chi connectivity index (χ3v) is 9.86. The van der Waals surface area contributed by atoms with E-state index in [1.54, 1.807) is 0 Å². The fourth-order valence-electron chi connectivity index (χ4n) is 3.36. The molecule has 0 aromatic heterocycles.